The first-order valence-electron chi connectivity index (χ1n) is 6.98. The van der Waals surface area contributed by atoms with Crippen molar-refractivity contribution in [2.45, 2.75) is 0 Å². The lowest BCUT2D eigenvalue weighted by Crippen LogP contribution is -2.51. The average molecular weight is 316 g/mol. The summed E-state index contributed by atoms with van der Waals surface area (Å²) in [5.74, 6) is 0. The predicted molar refractivity (Wildman–Crippen MR) is 95.5 cm³/mol. The fraction of sp³-hybridized carbons (Fsp3) is 0. The molecule has 0 saturated carbocycles. The van der Waals surface area contributed by atoms with Crippen LogP contribution in [0.25, 0.3) is 0 Å². The van der Waals surface area contributed by atoms with Crippen LogP contribution < -0.4 is 15.6 Å². The fourth-order valence-corrected chi connectivity index (χ4v) is 12.7. The third-order valence-electron chi connectivity index (χ3n) is 3.23. The van der Waals surface area contributed by atoms with Gasteiger partial charge in [0.2, 0.25) is 0 Å². The van der Waals surface area contributed by atoms with E-state index >= 15 is 0 Å². The lowest BCUT2D eigenvalue weighted by molar-refractivity contribution is 1.74. The molecular formula is C18H15Si3. The molecular weight excluding hydrogens is 300 g/mol. The molecule has 0 saturated heterocycles. The minimum atomic E-state index is -0.657. The molecule has 0 nitrogen and oxygen atoms in total. The summed E-state index contributed by atoms with van der Waals surface area (Å²) in [6.07, 6.45) is 0. The maximum Gasteiger partial charge on any atom is 0.103 e. The van der Waals surface area contributed by atoms with Crippen LogP contribution in [0.5, 0.6) is 0 Å². The van der Waals surface area contributed by atoms with Gasteiger partial charge in [0.05, 0.1) is 9.04 Å². The second-order valence-electron chi connectivity index (χ2n) is 4.72. The molecule has 21 heavy (non-hydrogen) atoms. The van der Waals surface area contributed by atoms with E-state index in [0.29, 0.717) is 0 Å². The van der Waals surface area contributed by atoms with Crippen LogP contribution in [0.15, 0.2) is 91.0 Å². The molecule has 3 heteroatoms. The van der Waals surface area contributed by atoms with Crippen molar-refractivity contribution in [2.24, 2.45) is 0 Å². The Morgan fingerprint density at radius 2 is 0.952 bits per heavy atom. The second kappa shape index (κ2) is 7.36. The second-order valence-corrected chi connectivity index (χ2v) is 13.0. The van der Waals surface area contributed by atoms with Gasteiger partial charge in [-0.05, 0) is 0 Å². The smallest absolute Gasteiger partial charge is 0.0681 e. The van der Waals surface area contributed by atoms with Gasteiger partial charge in [0.1, 0.15) is 8.31 Å². The van der Waals surface area contributed by atoms with E-state index in [-0.39, 0.29) is 0 Å². The highest BCUT2D eigenvalue weighted by Gasteiger charge is 2.17. The lowest BCUT2D eigenvalue weighted by atomic mass is 10.4. The van der Waals surface area contributed by atoms with Crippen molar-refractivity contribution < 1.29 is 0 Å². The normalized spacial score (nSPS) is 10.7. The van der Waals surface area contributed by atoms with Crippen LogP contribution in [-0.4, -0.2) is 25.9 Å². The molecule has 3 aromatic rings. The Labute approximate surface area is 132 Å². The molecule has 3 aromatic carbocycles. The third kappa shape index (κ3) is 3.91. The highest BCUT2D eigenvalue weighted by Crippen LogP contribution is 1.92. The molecule has 0 aliphatic heterocycles. The van der Waals surface area contributed by atoms with Crippen LogP contribution in [0, 0.1) is 0 Å². The fourth-order valence-electron chi connectivity index (χ4n) is 2.18. The van der Waals surface area contributed by atoms with Crippen molar-refractivity contribution in [2.75, 3.05) is 0 Å². The minimum absolute atomic E-state index is 0.657. The first-order valence-corrected chi connectivity index (χ1v) is 12.5. The number of hydrogen-bond acceptors (Lipinski definition) is 0. The maximum atomic E-state index is 2.30. The molecule has 0 spiro atoms. The summed E-state index contributed by atoms with van der Waals surface area (Å²) < 4.78 is 0. The molecule has 0 heterocycles. The Morgan fingerprint density at radius 1 is 0.524 bits per heavy atom. The topological polar surface area (TPSA) is 0 Å². The van der Waals surface area contributed by atoms with Gasteiger partial charge >= 0.3 is 0 Å². The molecule has 0 unspecified atom stereocenters. The summed E-state index contributed by atoms with van der Waals surface area (Å²) in [6.45, 7) is 0. The zero-order valence-corrected chi connectivity index (χ0v) is 14.7. The summed E-state index contributed by atoms with van der Waals surface area (Å²) in [7, 11) is 1.24. The van der Waals surface area contributed by atoms with Crippen molar-refractivity contribution in [3.8, 4) is 0 Å². The molecule has 0 N–H and O–H groups in total. The Balaban J connectivity index is 1.83. The zero-order valence-electron chi connectivity index (χ0n) is 11.7. The molecule has 0 aliphatic carbocycles. The van der Waals surface area contributed by atoms with E-state index in [1.807, 2.05) is 0 Å². The standard InChI is InChI=1S/C18H15Si3/c1-4-10-16(11-5-1)19-20-21(17-12-6-2-7-13-17)18-14-8-3-9-15-18/h1-15H. The monoisotopic (exact) mass is 315 g/mol. The van der Waals surface area contributed by atoms with E-state index in [4.69, 9.17) is 0 Å². The summed E-state index contributed by atoms with van der Waals surface area (Å²) in [6, 6.07) is 32.9. The van der Waals surface area contributed by atoms with Crippen molar-refractivity contribution in [3.63, 3.8) is 0 Å². The average Bonchev–Trinajstić information content (AvgIpc) is 2.58. The van der Waals surface area contributed by atoms with Crippen LogP contribution in [0.4, 0.5) is 0 Å². The van der Waals surface area contributed by atoms with Crippen LogP contribution in [0.3, 0.4) is 0 Å². The molecule has 5 radical (unpaired) electrons. The van der Waals surface area contributed by atoms with Crippen LogP contribution in [-0.2, 0) is 0 Å². The first-order chi connectivity index (χ1) is 10.4. The number of benzene rings is 3. The van der Waals surface area contributed by atoms with Crippen molar-refractivity contribution >= 4 is 41.5 Å². The van der Waals surface area contributed by atoms with E-state index in [9.17, 15) is 0 Å². The van der Waals surface area contributed by atoms with Gasteiger partial charge in [0.25, 0.3) is 0 Å². The minimum Gasteiger partial charge on any atom is -0.0681 e. The van der Waals surface area contributed by atoms with Gasteiger partial charge in [0, 0.05) is 8.55 Å². The van der Waals surface area contributed by atoms with Gasteiger partial charge in [-0.15, -0.1) is 0 Å². The summed E-state index contributed by atoms with van der Waals surface area (Å²) in [5.41, 5.74) is 0. The van der Waals surface area contributed by atoms with Crippen LogP contribution in [0.1, 0.15) is 0 Å². The molecule has 99 valence electrons. The zero-order chi connectivity index (χ0) is 14.3. The number of rotatable bonds is 5. The van der Waals surface area contributed by atoms with Crippen molar-refractivity contribution in [1.82, 2.24) is 0 Å². The summed E-state index contributed by atoms with van der Waals surface area (Å²) >= 11 is 0. The molecule has 0 aromatic heterocycles. The van der Waals surface area contributed by atoms with Gasteiger partial charge < -0.3 is 0 Å². The van der Waals surface area contributed by atoms with Crippen LogP contribution >= 0.6 is 0 Å². The Hall–Kier alpha value is -1.69. The SMILES string of the molecule is c1ccc([Si][Si][Si](c2ccccc2)c2ccccc2)cc1. The molecule has 0 fully saturated rings. The highest BCUT2D eigenvalue weighted by molar-refractivity contribution is 7.45. The molecule has 0 atom stereocenters. The van der Waals surface area contributed by atoms with E-state index in [1.165, 1.54) is 15.6 Å². The lowest BCUT2D eigenvalue weighted by Gasteiger charge is -2.15. The van der Waals surface area contributed by atoms with E-state index < -0.39 is 8.31 Å². The summed E-state index contributed by atoms with van der Waals surface area (Å²) in [5, 5.41) is 4.52. The van der Waals surface area contributed by atoms with Gasteiger partial charge in [-0.2, -0.15) is 0 Å². The quantitative estimate of drug-likeness (QED) is 0.625. The van der Waals surface area contributed by atoms with Crippen molar-refractivity contribution in [1.29, 1.82) is 0 Å². The number of hydrogen-bond donors (Lipinski definition) is 0. The maximum absolute atomic E-state index is 2.30. The van der Waals surface area contributed by atoms with Crippen molar-refractivity contribution in [3.05, 3.63) is 91.0 Å². The first kappa shape index (κ1) is 14.3. The Kier molecular flexibility index (Phi) is 4.99. The van der Waals surface area contributed by atoms with E-state index in [2.05, 4.69) is 91.0 Å². The largest absolute Gasteiger partial charge is 0.103 e. The highest BCUT2D eigenvalue weighted by atomic mass is 29.5. The van der Waals surface area contributed by atoms with Gasteiger partial charge in [-0.25, -0.2) is 0 Å². The predicted octanol–water partition coefficient (Wildman–Crippen LogP) is 1.44. The molecule has 0 amide bonds. The van der Waals surface area contributed by atoms with Crippen LogP contribution in [0.2, 0.25) is 0 Å². The molecule has 0 aliphatic rings. The third-order valence-corrected chi connectivity index (χ3v) is 13.1. The van der Waals surface area contributed by atoms with E-state index in [0.717, 1.165) is 17.6 Å². The van der Waals surface area contributed by atoms with Gasteiger partial charge in [0.15, 0.2) is 0 Å². The Morgan fingerprint density at radius 3 is 1.43 bits per heavy atom. The Bertz CT molecular complexity index is 614. The molecule has 3 rings (SSSR count). The summed E-state index contributed by atoms with van der Waals surface area (Å²) in [4.78, 5) is 0. The van der Waals surface area contributed by atoms with Gasteiger partial charge in [-0.3, -0.25) is 0 Å². The van der Waals surface area contributed by atoms with E-state index in [1.54, 1.807) is 0 Å². The molecule has 0 bridgehead atoms. The van der Waals surface area contributed by atoms with Gasteiger partial charge in [-0.1, -0.05) is 107 Å².